The molecule has 6 nitrogen and oxygen atoms in total. The standard InChI is InChI=1S/C20H23N3O3S/c1-3-26-19-9-20-22-16(14-4-6-25-7-5-14)11-23(20)10-15(19)8-18(24)17-12-27-13(2)21-17/h9-12,14H,3-8H2,1-2H3. The van der Waals surface area contributed by atoms with Gasteiger partial charge >= 0.3 is 0 Å². The first-order chi connectivity index (χ1) is 13.1. The third-order valence-corrected chi connectivity index (χ3v) is 5.62. The summed E-state index contributed by atoms with van der Waals surface area (Å²) in [6, 6.07) is 1.93. The third kappa shape index (κ3) is 3.89. The number of hydrogen-bond acceptors (Lipinski definition) is 6. The Morgan fingerprint density at radius 2 is 2.15 bits per heavy atom. The predicted octanol–water partition coefficient (Wildman–Crippen LogP) is 3.82. The minimum atomic E-state index is 0.00409. The summed E-state index contributed by atoms with van der Waals surface area (Å²) in [6.45, 7) is 5.97. The van der Waals surface area contributed by atoms with E-state index in [1.807, 2.05) is 35.9 Å². The lowest BCUT2D eigenvalue weighted by Crippen LogP contribution is -2.14. The van der Waals surface area contributed by atoms with Gasteiger partial charge in [0.2, 0.25) is 0 Å². The predicted molar refractivity (Wildman–Crippen MR) is 104 cm³/mol. The molecule has 7 heteroatoms. The first-order valence-electron chi connectivity index (χ1n) is 9.31. The van der Waals surface area contributed by atoms with Crippen LogP contribution in [0.1, 0.15) is 52.4 Å². The highest BCUT2D eigenvalue weighted by molar-refractivity contribution is 7.09. The first-order valence-corrected chi connectivity index (χ1v) is 10.2. The van der Waals surface area contributed by atoms with Crippen molar-refractivity contribution in [2.75, 3.05) is 19.8 Å². The van der Waals surface area contributed by atoms with Crippen LogP contribution in [0.15, 0.2) is 23.8 Å². The van der Waals surface area contributed by atoms with E-state index in [1.165, 1.54) is 11.3 Å². The molecule has 0 saturated carbocycles. The monoisotopic (exact) mass is 385 g/mol. The molecule has 0 radical (unpaired) electrons. The van der Waals surface area contributed by atoms with Crippen LogP contribution < -0.4 is 4.74 Å². The molecule has 0 N–H and O–H groups in total. The highest BCUT2D eigenvalue weighted by Crippen LogP contribution is 2.29. The van der Waals surface area contributed by atoms with Crippen molar-refractivity contribution in [3.63, 3.8) is 0 Å². The average molecular weight is 385 g/mol. The van der Waals surface area contributed by atoms with Crippen molar-refractivity contribution < 1.29 is 14.3 Å². The van der Waals surface area contributed by atoms with E-state index in [9.17, 15) is 4.79 Å². The number of nitrogens with zero attached hydrogens (tertiary/aromatic N) is 3. The van der Waals surface area contributed by atoms with Crippen LogP contribution in [0.3, 0.4) is 0 Å². The van der Waals surface area contributed by atoms with Crippen molar-refractivity contribution >= 4 is 22.8 Å². The molecule has 0 bridgehead atoms. The quantitative estimate of drug-likeness (QED) is 0.604. The molecule has 3 aromatic rings. The van der Waals surface area contributed by atoms with Gasteiger partial charge in [-0.25, -0.2) is 9.97 Å². The van der Waals surface area contributed by atoms with Crippen molar-refractivity contribution in [2.45, 2.75) is 39.0 Å². The lowest BCUT2D eigenvalue weighted by molar-refractivity contribution is 0.0846. The van der Waals surface area contributed by atoms with Gasteiger partial charge in [0.15, 0.2) is 5.78 Å². The van der Waals surface area contributed by atoms with Gasteiger partial charge in [-0.3, -0.25) is 4.79 Å². The molecule has 0 spiro atoms. The Hall–Kier alpha value is -2.25. The number of fused-ring (bicyclic) bond motifs is 1. The zero-order valence-corrected chi connectivity index (χ0v) is 16.4. The zero-order valence-electron chi connectivity index (χ0n) is 15.6. The van der Waals surface area contributed by atoms with Crippen LogP contribution >= 0.6 is 11.3 Å². The van der Waals surface area contributed by atoms with Crippen molar-refractivity contribution in [1.29, 1.82) is 0 Å². The fraction of sp³-hybridized carbons (Fsp3) is 0.450. The molecular formula is C20H23N3O3S. The van der Waals surface area contributed by atoms with Crippen molar-refractivity contribution in [3.05, 3.63) is 45.8 Å². The molecule has 0 aliphatic carbocycles. The summed E-state index contributed by atoms with van der Waals surface area (Å²) in [7, 11) is 0. The van der Waals surface area contributed by atoms with Crippen molar-refractivity contribution in [1.82, 2.24) is 14.4 Å². The molecule has 1 aliphatic heterocycles. The summed E-state index contributed by atoms with van der Waals surface area (Å²) in [5, 5.41) is 2.71. The van der Waals surface area contributed by atoms with E-state index in [0.717, 1.165) is 53.7 Å². The molecule has 27 heavy (non-hydrogen) atoms. The molecular weight excluding hydrogens is 362 g/mol. The van der Waals surface area contributed by atoms with E-state index < -0.39 is 0 Å². The highest BCUT2D eigenvalue weighted by Gasteiger charge is 2.20. The molecule has 0 unspecified atom stereocenters. The van der Waals surface area contributed by atoms with Crippen LogP contribution in [0, 0.1) is 6.92 Å². The number of pyridine rings is 1. The molecule has 1 fully saturated rings. The molecule has 4 rings (SSSR count). The minimum Gasteiger partial charge on any atom is -0.493 e. The van der Waals surface area contributed by atoms with E-state index in [1.54, 1.807) is 0 Å². The van der Waals surface area contributed by atoms with Crippen LogP contribution in [0.4, 0.5) is 0 Å². The number of hydrogen-bond donors (Lipinski definition) is 0. The van der Waals surface area contributed by atoms with E-state index in [2.05, 4.69) is 11.2 Å². The van der Waals surface area contributed by atoms with Crippen LogP contribution in [0.25, 0.3) is 5.65 Å². The normalized spacial score (nSPS) is 15.3. The van der Waals surface area contributed by atoms with Gasteiger partial charge in [0.1, 0.15) is 17.1 Å². The average Bonchev–Trinajstić information content (AvgIpc) is 3.29. The molecule has 1 saturated heterocycles. The lowest BCUT2D eigenvalue weighted by Gasteiger charge is -2.19. The number of ether oxygens (including phenoxy) is 2. The summed E-state index contributed by atoms with van der Waals surface area (Å²) in [4.78, 5) is 21.7. The zero-order chi connectivity index (χ0) is 18.8. The lowest BCUT2D eigenvalue weighted by atomic mass is 9.97. The maximum Gasteiger partial charge on any atom is 0.186 e. The number of carbonyl (C=O) groups is 1. The van der Waals surface area contributed by atoms with Gasteiger partial charge in [0, 0.05) is 55.0 Å². The van der Waals surface area contributed by atoms with Gasteiger partial charge in [-0.15, -0.1) is 11.3 Å². The molecule has 1 aliphatic rings. The molecule has 4 heterocycles. The number of carbonyl (C=O) groups excluding carboxylic acids is 1. The Balaban J connectivity index is 1.65. The van der Waals surface area contributed by atoms with Crippen LogP contribution in [0.2, 0.25) is 0 Å². The second-order valence-corrected chi connectivity index (χ2v) is 7.83. The third-order valence-electron chi connectivity index (χ3n) is 4.85. The Kier molecular flexibility index (Phi) is 5.22. The molecule has 3 aromatic heterocycles. The smallest absolute Gasteiger partial charge is 0.186 e. The molecule has 142 valence electrons. The Labute approximate surface area is 162 Å². The number of rotatable bonds is 6. The van der Waals surface area contributed by atoms with Crippen molar-refractivity contribution in [3.8, 4) is 5.75 Å². The van der Waals surface area contributed by atoms with Crippen LogP contribution in [-0.4, -0.2) is 40.0 Å². The summed E-state index contributed by atoms with van der Waals surface area (Å²) >= 11 is 1.49. The fourth-order valence-electron chi connectivity index (χ4n) is 3.45. The number of thiazole rings is 1. The first kappa shape index (κ1) is 18.1. The van der Waals surface area contributed by atoms with Gasteiger partial charge in [-0.1, -0.05) is 0 Å². The number of Topliss-reactive ketones (excluding diaryl/α,β-unsaturated/α-hetero) is 1. The highest BCUT2D eigenvalue weighted by atomic mass is 32.1. The summed E-state index contributed by atoms with van der Waals surface area (Å²) < 4.78 is 13.3. The van der Waals surface area contributed by atoms with Crippen LogP contribution in [-0.2, 0) is 11.2 Å². The SMILES string of the molecule is CCOc1cc2nc(C3CCOCC3)cn2cc1CC(=O)c1csc(C)n1. The Bertz CT molecular complexity index is 957. The number of aryl methyl sites for hydroxylation is 1. The van der Waals surface area contributed by atoms with Gasteiger partial charge < -0.3 is 13.9 Å². The fourth-order valence-corrected chi connectivity index (χ4v) is 4.06. The second kappa shape index (κ2) is 7.78. The molecule has 0 amide bonds. The van der Waals surface area contributed by atoms with E-state index >= 15 is 0 Å². The summed E-state index contributed by atoms with van der Waals surface area (Å²) in [5.41, 5.74) is 3.31. The van der Waals surface area contributed by atoms with Crippen LogP contribution in [0.5, 0.6) is 5.75 Å². The maximum atomic E-state index is 12.6. The number of aromatic nitrogens is 3. The van der Waals surface area contributed by atoms with Gasteiger partial charge in [-0.05, 0) is 26.7 Å². The van der Waals surface area contributed by atoms with E-state index in [0.29, 0.717) is 18.2 Å². The summed E-state index contributed by atoms with van der Waals surface area (Å²) in [5.74, 6) is 1.15. The molecule has 0 aromatic carbocycles. The number of imidazole rings is 1. The maximum absolute atomic E-state index is 12.6. The van der Waals surface area contributed by atoms with E-state index in [4.69, 9.17) is 14.5 Å². The van der Waals surface area contributed by atoms with Gasteiger partial charge in [0.05, 0.1) is 17.3 Å². The minimum absolute atomic E-state index is 0.00409. The van der Waals surface area contributed by atoms with Crippen molar-refractivity contribution in [2.24, 2.45) is 0 Å². The largest absolute Gasteiger partial charge is 0.493 e. The summed E-state index contributed by atoms with van der Waals surface area (Å²) in [6.07, 6.45) is 6.29. The van der Waals surface area contributed by atoms with Gasteiger partial charge in [0.25, 0.3) is 0 Å². The Morgan fingerprint density at radius 3 is 2.85 bits per heavy atom. The van der Waals surface area contributed by atoms with Gasteiger partial charge in [-0.2, -0.15) is 0 Å². The van der Waals surface area contributed by atoms with E-state index in [-0.39, 0.29) is 12.2 Å². The second-order valence-electron chi connectivity index (χ2n) is 6.77. The topological polar surface area (TPSA) is 65.7 Å². The number of ketones is 1. The Morgan fingerprint density at radius 1 is 1.33 bits per heavy atom. The molecule has 0 atom stereocenters.